The second-order valence-corrected chi connectivity index (χ2v) is 11.3. The lowest BCUT2D eigenvalue weighted by atomic mass is 9.97. The van der Waals surface area contributed by atoms with Crippen LogP contribution in [0.15, 0.2) is 48.7 Å². The number of carbonyl (C=O) groups excluding carboxylic acids is 1. The van der Waals surface area contributed by atoms with Gasteiger partial charge in [0.15, 0.2) is 17.5 Å². The van der Waals surface area contributed by atoms with Gasteiger partial charge >= 0.3 is 0 Å². The average molecular weight is 595 g/mol. The molecule has 0 radical (unpaired) electrons. The Morgan fingerprint density at radius 1 is 1.10 bits per heavy atom. The first-order valence-electron chi connectivity index (χ1n) is 13.0. The number of aliphatic hydroxyl groups is 4. The summed E-state index contributed by atoms with van der Waals surface area (Å²) in [4.78, 5) is 14.9. The summed E-state index contributed by atoms with van der Waals surface area (Å²) in [5, 5.41) is 50.0. The number of amides is 1. The van der Waals surface area contributed by atoms with Crippen molar-refractivity contribution in [3.05, 3.63) is 71.7 Å². The number of carbonyl (C=O) groups is 1. The third-order valence-corrected chi connectivity index (χ3v) is 8.74. The van der Waals surface area contributed by atoms with Crippen molar-refractivity contribution in [3.8, 4) is 11.3 Å². The summed E-state index contributed by atoms with van der Waals surface area (Å²) in [6, 6.07) is 9.31. The van der Waals surface area contributed by atoms with Gasteiger partial charge in [0.05, 0.1) is 18.9 Å². The summed E-state index contributed by atoms with van der Waals surface area (Å²) >= 11 is 0.877. The van der Waals surface area contributed by atoms with Gasteiger partial charge in [-0.1, -0.05) is 35.5 Å². The summed E-state index contributed by atoms with van der Waals surface area (Å²) in [5.74, 6) is -4.82. The Bertz CT molecular complexity index is 1340. The van der Waals surface area contributed by atoms with Gasteiger partial charge in [-0.3, -0.25) is 4.79 Å². The molecule has 3 aromatic rings. The van der Waals surface area contributed by atoms with E-state index in [2.05, 4.69) is 10.3 Å². The Labute approximate surface area is 237 Å². The van der Waals surface area contributed by atoms with Crippen molar-refractivity contribution in [1.82, 2.24) is 19.9 Å². The van der Waals surface area contributed by atoms with Gasteiger partial charge in [0.2, 0.25) is 5.91 Å². The highest BCUT2D eigenvalue weighted by atomic mass is 32.2. The molecule has 3 heterocycles. The SMILES string of the molecule is O=C([C@@H](S[C@@H]1O[C@H](CO)[C@H](O)[C@H](n2cc(-c3cc(F)c(F)c(F)c3)nn2)[C@H]1O)[C@@H](O)Cc1ccccc1)N1CCC1. The molecule has 4 N–H and O–H groups in total. The van der Waals surface area contributed by atoms with E-state index in [1.807, 2.05) is 30.3 Å². The third-order valence-electron chi connectivity index (χ3n) is 7.27. The minimum absolute atomic E-state index is 0.0671. The molecule has 220 valence electrons. The highest BCUT2D eigenvalue weighted by molar-refractivity contribution is 8.01. The van der Waals surface area contributed by atoms with Crippen molar-refractivity contribution >= 4 is 17.7 Å². The number of nitrogens with zero attached hydrogens (tertiary/aromatic N) is 4. The number of halogens is 3. The fraction of sp³-hybridized carbons (Fsp3) is 0.444. The van der Waals surface area contributed by atoms with Crippen LogP contribution in [0.2, 0.25) is 0 Å². The first-order valence-corrected chi connectivity index (χ1v) is 14.0. The standard InChI is InChI=1S/C27H29F3N4O6S/c28-16-10-15(11-17(29)21(16)30)18-12-34(32-31-18)22-23(37)20(13-35)40-27(24(22)38)41-25(26(39)33-7-4-8-33)19(36)9-14-5-2-1-3-6-14/h1-3,5-6,10-12,19-20,22-25,27,35-38H,4,7-9,13H2/t19-,20+,22-,23-,24+,25-,27-/m0/s1. The molecule has 2 saturated heterocycles. The number of hydrogen-bond donors (Lipinski definition) is 4. The molecule has 2 aromatic carbocycles. The summed E-state index contributed by atoms with van der Waals surface area (Å²) in [6.07, 6.45) is -3.18. The maximum Gasteiger partial charge on any atom is 0.238 e. The fourth-order valence-electron chi connectivity index (χ4n) is 4.89. The van der Waals surface area contributed by atoms with Gasteiger partial charge in [-0.05, 0) is 30.5 Å². The van der Waals surface area contributed by atoms with Crippen LogP contribution < -0.4 is 0 Å². The summed E-state index contributed by atoms with van der Waals surface area (Å²) in [6.45, 7) is 0.429. The van der Waals surface area contributed by atoms with Crippen molar-refractivity contribution in [2.24, 2.45) is 0 Å². The quantitative estimate of drug-likeness (QED) is 0.270. The van der Waals surface area contributed by atoms with E-state index in [1.165, 1.54) is 6.20 Å². The molecule has 7 atom stereocenters. The van der Waals surface area contributed by atoms with Gasteiger partial charge in [0, 0.05) is 18.7 Å². The van der Waals surface area contributed by atoms with E-state index < -0.39 is 65.2 Å². The molecule has 0 unspecified atom stereocenters. The minimum atomic E-state index is -1.64. The first kappa shape index (κ1) is 29.5. The van der Waals surface area contributed by atoms with Crippen LogP contribution >= 0.6 is 11.8 Å². The van der Waals surface area contributed by atoms with E-state index >= 15 is 0 Å². The Hall–Kier alpha value is -3.01. The highest BCUT2D eigenvalue weighted by Crippen LogP contribution is 2.39. The van der Waals surface area contributed by atoms with Crippen LogP contribution in [0.3, 0.4) is 0 Å². The lowest BCUT2D eigenvalue weighted by molar-refractivity contribution is -0.178. The number of likely N-dealkylation sites (tertiary alicyclic amines) is 1. The van der Waals surface area contributed by atoms with Crippen molar-refractivity contribution in [3.63, 3.8) is 0 Å². The van der Waals surface area contributed by atoms with Gasteiger partial charge < -0.3 is 30.1 Å². The van der Waals surface area contributed by atoms with E-state index in [4.69, 9.17) is 4.74 Å². The van der Waals surface area contributed by atoms with Crippen LogP contribution in [0, 0.1) is 17.5 Å². The highest BCUT2D eigenvalue weighted by Gasteiger charge is 2.48. The van der Waals surface area contributed by atoms with Crippen molar-refractivity contribution in [2.45, 2.75) is 54.0 Å². The molecule has 1 amide bonds. The largest absolute Gasteiger partial charge is 0.394 e. The topological polar surface area (TPSA) is 141 Å². The summed E-state index contributed by atoms with van der Waals surface area (Å²) < 4.78 is 47.9. The Morgan fingerprint density at radius 3 is 2.39 bits per heavy atom. The van der Waals surface area contributed by atoms with Crippen molar-refractivity contribution in [2.75, 3.05) is 19.7 Å². The van der Waals surface area contributed by atoms with Gasteiger partial charge in [-0.15, -0.1) is 16.9 Å². The predicted molar refractivity (Wildman–Crippen MR) is 141 cm³/mol. The van der Waals surface area contributed by atoms with Crippen LogP contribution in [0.1, 0.15) is 18.0 Å². The van der Waals surface area contributed by atoms with Crippen LogP contribution in [0.4, 0.5) is 13.2 Å². The number of aromatic nitrogens is 3. The number of ether oxygens (including phenoxy) is 1. The normalized spacial score (nSPS) is 25.9. The van der Waals surface area contributed by atoms with E-state index in [1.54, 1.807) is 4.90 Å². The zero-order chi connectivity index (χ0) is 29.3. The number of aliphatic hydroxyl groups excluding tert-OH is 4. The number of hydrogen-bond acceptors (Lipinski definition) is 9. The molecule has 0 spiro atoms. The molecule has 1 aromatic heterocycles. The van der Waals surface area contributed by atoms with Crippen LogP contribution in [-0.2, 0) is 16.0 Å². The van der Waals surface area contributed by atoms with Gasteiger partial charge in [0.1, 0.15) is 40.7 Å². The lowest BCUT2D eigenvalue weighted by Crippen LogP contribution is -2.57. The molecular weight excluding hydrogens is 565 g/mol. The number of rotatable bonds is 9. The lowest BCUT2D eigenvalue weighted by Gasteiger charge is -2.43. The Morgan fingerprint density at radius 2 is 1.78 bits per heavy atom. The molecule has 14 heteroatoms. The summed E-state index contributed by atoms with van der Waals surface area (Å²) in [7, 11) is 0. The molecule has 0 saturated carbocycles. The van der Waals surface area contributed by atoms with Gasteiger partial charge in [-0.2, -0.15) is 0 Å². The second kappa shape index (κ2) is 12.5. The Kier molecular flexibility index (Phi) is 8.97. The zero-order valence-electron chi connectivity index (χ0n) is 21.6. The number of thioether (sulfide) groups is 1. The van der Waals surface area contributed by atoms with E-state index in [0.717, 1.165) is 40.6 Å². The van der Waals surface area contributed by atoms with Crippen molar-refractivity contribution < 1.29 is 43.1 Å². The molecule has 0 bridgehead atoms. The maximum absolute atomic E-state index is 13.8. The smallest absolute Gasteiger partial charge is 0.238 e. The van der Waals surface area contributed by atoms with Crippen LogP contribution in [0.5, 0.6) is 0 Å². The van der Waals surface area contributed by atoms with E-state index in [-0.39, 0.29) is 23.6 Å². The maximum atomic E-state index is 13.8. The monoisotopic (exact) mass is 594 g/mol. The predicted octanol–water partition coefficient (Wildman–Crippen LogP) is 1.28. The molecule has 2 aliphatic rings. The fourth-order valence-corrected chi connectivity index (χ4v) is 6.25. The zero-order valence-corrected chi connectivity index (χ0v) is 22.4. The van der Waals surface area contributed by atoms with Crippen LogP contribution in [0.25, 0.3) is 11.3 Å². The van der Waals surface area contributed by atoms with E-state index in [9.17, 15) is 38.4 Å². The number of benzene rings is 2. The third kappa shape index (κ3) is 6.12. The van der Waals surface area contributed by atoms with Gasteiger partial charge in [-0.25, -0.2) is 17.9 Å². The molecule has 5 rings (SSSR count). The Balaban J connectivity index is 1.41. The van der Waals surface area contributed by atoms with Gasteiger partial charge in [0.25, 0.3) is 0 Å². The molecule has 2 aliphatic heterocycles. The van der Waals surface area contributed by atoms with Crippen molar-refractivity contribution in [1.29, 1.82) is 0 Å². The van der Waals surface area contributed by atoms with E-state index in [0.29, 0.717) is 13.1 Å². The first-order chi connectivity index (χ1) is 19.7. The van der Waals surface area contributed by atoms with Crippen LogP contribution in [-0.4, -0.2) is 101 Å². The summed E-state index contributed by atoms with van der Waals surface area (Å²) in [5.41, 5.74) is -0.591. The minimum Gasteiger partial charge on any atom is -0.394 e. The molecular formula is C27H29F3N4O6S. The second-order valence-electron chi connectivity index (χ2n) is 10.0. The molecule has 2 fully saturated rings. The molecule has 10 nitrogen and oxygen atoms in total. The molecule has 41 heavy (non-hydrogen) atoms. The molecule has 0 aliphatic carbocycles. The average Bonchev–Trinajstić information content (AvgIpc) is 3.40.